The Morgan fingerprint density at radius 1 is 0.967 bits per heavy atom. The van der Waals surface area contributed by atoms with Crippen LogP contribution in [0.5, 0.6) is 0 Å². The van der Waals surface area contributed by atoms with Gasteiger partial charge in [0.2, 0.25) is 5.91 Å². The number of carbonyl (C=O) groups excluding carboxylic acids is 2. The van der Waals surface area contributed by atoms with Crippen molar-refractivity contribution in [3.63, 3.8) is 0 Å². The first kappa shape index (κ1) is 19.8. The van der Waals surface area contributed by atoms with Gasteiger partial charge in [0.05, 0.1) is 10.2 Å². The van der Waals surface area contributed by atoms with E-state index in [0.29, 0.717) is 17.1 Å². The summed E-state index contributed by atoms with van der Waals surface area (Å²) in [6, 6.07) is 23.8. The van der Waals surface area contributed by atoms with Crippen molar-refractivity contribution in [3.8, 4) is 0 Å². The van der Waals surface area contributed by atoms with Crippen LogP contribution >= 0.6 is 11.3 Å². The number of carbonyl (C=O) groups is 2. The zero-order chi connectivity index (χ0) is 20.9. The van der Waals surface area contributed by atoms with Gasteiger partial charge in [-0.05, 0) is 42.3 Å². The Hall–Kier alpha value is -3.51. The van der Waals surface area contributed by atoms with E-state index in [-0.39, 0.29) is 11.8 Å². The Kier molecular flexibility index (Phi) is 5.86. The Morgan fingerprint density at radius 2 is 1.67 bits per heavy atom. The van der Waals surface area contributed by atoms with Crippen molar-refractivity contribution in [3.05, 3.63) is 95.6 Å². The summed E-state index contributed by atoms with van der Waals surface area (Å²) >= 11 is 1.42. The van der Waals surface area contributed by atoms with E-state index in [1.165, 1.54) is 11.3 Å². The molecule has 1 atom stereocenters. The summed E-state index contributed by atoms with van der Waals surface area (Å²) in [6.45, 7) is 2.02. The van der Waals surface area contributed by atoms with Crippen LogP contribution in [0.2, 0.25) is 0 Å². The van der Waals surface area contributed by atoms with E-state index < -0.39 is 6.04 Å². The normalized spacial score (nSPS) is 11.8. The number of hydrogen-bond acceptors (Lipinski definition) is 4. The lowest BCUT2D eigenvalue weighted by molar-refractivity contribution is -0.118. The van der Waals surface area contributed by atoms with Crippen LogP contribution in [0.3, 0.4) is 0 Å². The number of aromatic nitrogens is 1. The van der Waals surface area contributed by atoms with Crippen molar-refractivity contribution in [2.45, 2.75) is 19.4 Å². The monoisotopic (exact) mass is 415 g/mol. The third-order valence-corrected chi connectivity index (χ3v) is 5.65. The zero-order valence-electron chi connectivity index (χ0n) is 16.5. The second kappa shape index (κ2) is 8.88. The van der Waals surface area contributed by atoms with Gasteiger partial charge in [-0.15, -0.1) is 0 Å². The molecule has 4 aromatic rings. The topological polar surface area (TPSA) is 71.1 Å². The van der Waals surface area contributed by atoms with Crippen LogP contribution in [-0.2, 0) is 11.2 Å². The van der Waals surface area contributed by atoms with Gasteiger partial charge in [-0.3, -0.25) is 9.59 Å². The fraction of sp³-hybridized carbons (Fsp3) is 0.125. The van der Waals surface area contributed by atoms with Gasteiger partial charge >= 0.3 is 0 Å². The van der Waals surface area contributed by atoms with Gasteiger partial charge in [0.1, 0.15) is 6.04 Å². The molecule has 1 heterocycles. The molecule has 1 aromatic heterocycles. The lowest BCUT2D eigenvalue weighted by Gasteiger charge is -2.18. The molecule has 0 saturated carbocycles. The fourth-order valence-electron chi connectivity index (χ4n) is 3.17. The van der Waals surface area contributed by atoms with E-state index in [9.17, 15) is 9.59 Å². The predicted molar refractivity (Wildman–Crippen MR) is 121 cm³/mol. The molecular weight excluding hydrogens is 394 g/mol. The number of nitrogens with zero attached hydrogens (tertiary/aromatic N) is 1. The molecule has 5 nitrogen and oxygen atoms in total. The molecule has 6 heteroatoms. The molecule has 0 saturated heterocycles. The van der Waals surface area contributed by atoms with Gasteiger partial charge in [0.15, 0.2) is 5.13 Å². The molecule has 0 aliphatic heterocycles. The smallest absolute Gasteiger partial charge is 0.251 e. The summed E-state index contributed by atoms with van der Waals surface area (Å²) in [5.74, 6) is -0.578. The minimum Gasteiger partial charge on any atom is -0.340 e. The lowest BCUT2D eigenvalue weighted by atomic mass is 10.0. The third-order valence-electron chi connectivity index (χ3n) is 4.71. The minimum absolute atomic E-state index is 0.286. The second-order valence-electron chi connectivity index (χ2n) is 7.06. The van der Waals surface area contributed by atoms with Crippen LogP contribution in [0.4, 0.5) is 5.13 Å². The van der Waals surface area contributed by atoms with Crippen LogP contribution < -0.4 is 10.6 Å². The van der Waals surface area contributed by atoms with Gasteiger partial charge in [0, 0.05) is 12.0 Å². The molecule has 0 radical (unpaired) electrons. The summed E-state index contributed by atoms with van der Waals surface area (Å²) < 4.78 is 1.01. The number of rotatable bonds is 6. The van der Waals surface area contributed by atoms with Crippen molar-refractivity contribution in [2.75, 3.05) is 5.32 Å². The van der Waals surface area contributed by atoms with Gasteiger partial charge in [-0.2, -0.15) is 0 Å². The van der Waals surface area contributed by atoms with Crippen LogP contribution in [0, 0.1) is 6.92 Å². The first-order valence-corrected chi connectivity index (χ1v) is 10.5. The lowest BCUT2D eigenvalue weighted by Crippen LogP contribution is -2.45. The molecule has 0 aliphatic carbocycles. The van der Waals surface area contributed by atoms with Gasteiger partial charge in [-0.25, -0.2) is 4.98 Å². The number of aryl methyl sites for hydroxylation is 1. The van der Waals surface area contributed by atoms with E-state index in [4.69, 9.17) is 0 Å². The summed E-state index contributed by atoms with van der Waals surface area (Å²) in [5, 5.41) is 6.27. The highest BCUT2D eigenvalue weighted by molar-refractivity contribution is 7.22. The van der Waals surface area contributed by atoms with Crippen molar-refractivity contribution in [1.29, 1.82) is 0 Å². The highest BCUT2D eigenvalue weighted by Crippen LogP contribution is 2.26. The number of amides is 2. The van der Waals surface area contributed by atoms with Crippen LogP contribution in [0.1, 0.15) is 21.5 Å². The summed E-state index contributed by atoms with van der Waals surface area (Å²) in [6.07, 6.45) is 0.384. The van der Waals surface area contributed by atoms with Crippen molar-refractivity contribution in [1.82, 2.24) is 10.3 Å². The molecule has 4 rings (SSSR count). The molecule has 3 aromatic carbocycles. The minimum atomic E-state index is -0.728. The SMILES string of the molecule is Cc1ccc2nc(NC(=O)[C@@H](Cc3ccccc3)NC(=O)c3ccccc3)sc2c1. The first-order valence-electron chi connectivity index (χ1n) is 9.66. The molecular formula is C24H21N3O2S. The van der Waals surface area contributed by atoms with Crippen LogP contribution in [-0.4, -0.2) is 22.8 Å². The number of hydrogen-bond donors (Lipinski definition) is 2. The molecule has 0 spiro atoms. The number of benzene rings is 3. The molecule has 0 fully saturated rings. The summed E-state index contributed by atoms with van der Waals surface area (Å²) in [5.41, 5.74) is 3.46. The Bertz CT molecular complexity index is 1170. The Labute approximate surface area is 178 Å². The summed E-state index contributed by atoms with van der Waals surface area (Å²) in [4.78, 5) is 30.2. The van der Waals surface area contributed by atoms with Crippen molar-refractivity contribution < 1.29 is 9.59 Å². The molecule has 2 N–H and O–H groups in total. The predicted octanol–water partition coefficient (Wildman–Crippen LogP) is 4.58. The Balaban J connectivity index is 1.55. The number of fused-ring (bicyclic) bond motifs is 1. The highest BCUT2D eigenvalue weighted by Gasteiger charge is 2.23. The summed E-state index contributed by atoms with van der Waals surface area (Å²) in [7, 11) is 0. The molecule has 0 bridgehead atoms. The molecule has 2 amide bonds. The standard InChI is InChI=1S/C24H21N3O2S/c1-16-12-13-19-21(14-16)30-24(26-19)27-23(29)20(15-17-8-4-2-5-9-17)25-22(28)18-10-6-3-7-11-18/h2-14,20H,15H2,1H3,(H,25,28)(H,26,27,29)/t20-/m1/s1. The van der Waals surface area contributed by atoms with E-state index >= 15 is 0 Å². The fourth-order valence-corrected chi connectivity index (χ4v) is 4.13. The van der Waals surface area contributed by atoms with E-state index in [1.807, 2.05) is 61.5 Å². The average molecular weight is 416 g/mol. The van der Waals surface area contributed by atoms with Gasteiger partial charge in [-0.1, -0.05) is 65.9 Å². The van der Waals surface area contributed by atoms with Crippen LogP contribution in [0.25, 0.3) is 10.2 Å². The molecule has 0 aliphatic rings. The molecule has 0 unspecified atom stereocenters. The quantitative estimate of drug-likeness (QED) is 0.484. The van der Waals surface area contributed by atoms with Gasteiger partial charge in [0.25, 0.3) is 5.91 Å². The molecule has 30 heavy (non-hydrogen) atoms. The zero-order valence-corrected chi connectivity index (χ0v) is 17.3. The largest absolute Gasteiger partial charge is 0.340 e. The number of nitrogens with one attached hydrogen (secondary N) is 2. The number of anilines is 1. The van der Waals surface area contributed by atoms with Crippen molar-refractivity contribution >= 4 is 38.5 Å². The maximum Gasteiger partial charge on any atom is 0.251 e. The first-order chi connectivity index (χ1) is 14.6. The second-order valence-corrected chi connectivity index (χ2v) is 8.09. The van der Waals surface area contributed by atoms with E-state index in [1.54, 1.807) is 24.3 Å². The van der Waals surface area contributed by atoms with Crippen LogP contribution in [0.15, 0.2) is 78.9 Å². The Morgan fingerprint density at radius 3 is 2.40 bits per heavy atom. The maximum atomic E-state index is 13.1. The number of thiazole rings is 1. The van der Waals surface area contributed by atoms with Gasteiger partial charge < -0.3 is 10.6 Å². The van der Waals surface area contributed by atoms with Crippen molar-refractivity contribution in [2.24, 2.45) is 0 Å². The average Bonchev–Trinajstić information content (AvgIpc) is 3.15. The van der Waals surface area contributed by atoms with E-state index in [2.05, 4.69) is 15.6 Å². The third kappa shape index (κ3) is 4.72. The molecule has 150 valence electrons. The maximum absolute atomic E-state index is 13.1. The highest BCUT2D eigenvalue weighted by atomic mass is 32.1. The van der Waals surface area contributed by atoms with E-state index in [0.717, 1.165) is 21.3 Å².